The maximum Gasteiger partial charge on any atom is 0.317 e. The van der Waals surface area contributed by atoms with Crippen molar-refractivity contribution in [2.45, 2.75) is 26.3 Å². The standard InChI is InChI=1S/C14H20N2O2/c1-3-7-15-14(17)16-8-6-11-9-13(18-2)5-4-12(11)10-16/h4-5,9H,3,6-8,10H2,1-2H3,(H,15,17). The highest BCUT2D eigenvalue weighted by Gasteiger charge is 2.20. The van der Waals surface area contributed by atoms with E-state index in [9.17, 15) is 4.79 Å². The largest absolute Gasteiger partial charge is 0.497 e. The van der Waals surface area contributed by atoms with Gasteiger partial charge in [-0.2, -0.15) is 0 Å². The summed E-state index contributed by atoms with van der Waals surface area (Å²) in [5, 5.41) is 2.92. The third kappa shape index (κ3) is 2.75. The van der Waals surface area contributed by atoms with Crippen LogP contribution < -0.4 is 10.1 Å². The first-order valence-electron chi connectivity index (χ1n) is 6.43. The molecule has 0 saturated carbocycles. The van der Waals surface area contributed by atoms with E-state index in [1.807, 2.05) is 17.0 Å². The normalized spacial score (nSPS) is 14.0. The molecule has 1 aliphatic heterocycles. The van der Waals surface area contributed by atoms with Crippen LogP contribution in [0.4, 0.5) is 4.79 Å². The SMILES string of the molecule is CCCNC(=O)N1CCc2cc(OC)ccc2C1. The van der Waals surface area contributed by atoms with E-state index in [-0.39, 0.29) is 6.03 Å². The summed E-state index contributed by atoms with van der Waals surface area (Å²) in [4.78, 5) is 13.7. The zero-order valence-corrected chi connectivity index (χ0v) is 11.0. The first kappa shape index (κ1) is 12.7. The molecule has 2 rings (SSSR count). The number of carbonyl (C=O) groups is 1. The zero-order chi connectivity index (χ0) is 13.0. The van der Waals surface area contributed by atoms with Gasteiger partial charge in [-0.25, -0.2) is 4.79 Å². The quantitative estimate of drug-likeness (QED) is 0.890. The van der Waals surface area contributed by atoms with Gasteiger partial charge < -0.3 is 15.0 Å². The fourth-order valence-corrected chi connectivity index (χ4v) is 2.17. The van der Waals surface area contributed by atoms with Crippen LogP contribution in [0.3, 0.4) is 0 Å². The third-order valence-corrected chi connectivity index (χ3v) is 3.24. The maximum atomic E-state index is 11.9. The van der Waals surface area contributed by atoms with Crippen LogP contribution in [0.5, 0.6) is 5.75 Å². The topological polar surface area (TPSA) is 41.6 Å². The summed E-state index contributed by atoms with van der Waals surface area (Å²) in [6, 6.07) is 6.11. The van der Waals surface area contributed by atoms with Gasteiger partial charge in [-0.1, -0.05) is 13.0 Å². The number of nitrogens with zero attached hydrogens (tertiary/aromatic N) is 1. The van der Waals surface area contributed by atoms with Gasteiger partial charge in [0.1, 0.15) is 5.75 Å². The summed E-state index contributed by atoms with van der Waals surface area (Å²) < 4.78 is 5.21. The molecule has 2 amide bonds. The number of methoxy groups -OCH3 is 1. The van der Waals surface area contributed by atoms with E-state index in [4.69, 9.17) is 4.74 Å². The number of hydrogen-bond donors (Lipinski definition) is 1. The van der Waals surface area contributed by atoms with Gasteiger partial charge in [-0.15, -0.1) is 0 Å². The summed E-state index contributed by atoms with van der Waals surface area (Å²) in [6.45, 7) is 4.26. The molecule has 0 atom stereocenters. The summed E-state index contributed by atoms with van der Waals surface area (Å²) in [7, 11) is 1.68. The van der Waals surface area contributed by atoms with E-state index in [2.05, 4.69) is 18.3 Å². The van der Waals surface area contributed by atoms with Gasteiger partial charge >= 0.3 is 6.03 Å². The molecule has 0 fully saturated rings. The minimum absolute atomic E-state index is 0.0401. The highest BCUT2D eigenvalue weighted by Crippen LogP contribution is 2.23. The van der Waals surface area contributed by atoms with Gasteiger partial charge in [-0.3, -0.25) is 0 Å². The second-order valence-electron chi connectivity index (χ2n) is 4.54. The average molecular weight is 248 g/mol. The van der Waals surface area contributed by atoms with E-state index < -0.39 is 0 Å². The Morgan fingerprint density at radius 3 is 3.00 bits per heavy atom. The lowest BCUT2D eigenvalue weighted by atomic mass is 10.00. The highest BCUT2D eigenvalue weighted by molar-refractivity contribution is 5.74. The van der Waals surface area contributed by atoms with Crippen LogP contribution >= 0.6 is 0 Å². The van der Waals surface area contributed by atoms with Gasteiger partial charge in [0.2, 0.25) is 0 Å². The Morgan fingerprint density at radius 1 is 1.44 bits per heavy atom. The Labute approximate surface area is 108 Å². The molecule has 98 valence electrons. The lowest BCUT2D eigenvalue weighted by molar-refractivity contribution is 0.192. The van der Waals surface area contributed by atoms with Crippen molar-refractivity contribution in [3.63, 3.8) is 0 Å². The molecule has 4 heteroatoms. The van der Waals surface area contributed by atoms with Gasteiger partial charge in [0, 0.05) is 19.6 Å². The lowest BCUT2D eigenvalue weighted by Crippen LogP contribution is -2.42. The Balaban J connectivity index is 2.03. The Morgan fingerprint density at radius 2 is 2.28 bits per heavy atom. The zero-order valence-electron chi connectivity index (χ0n) is 11.0. The number of urea groups is 1. The van der Waals surface area contributed by atoms with Crippen LogP contribution in [0.15, 0.2) is 18.2 Å². The molecular weight excluding hydrogens is 228 g/mol. The van der Waals surface area contributed by atoms with E-state index in [0.29, 0.717) is 6.54 Å². The number of benzene rings is 1. The Kier molecular flexibility index (Phi) is 4.07. The van der Waals surface area contributed by atoms with Crippen LogP contribution in [-0.2, 0) is 13.0 Å². The first-order valence-corrected chi connectivity index (χ1v) is 6.43. The fourth-order valence-electron chi connectivity index (χ4n) is 2.17. The number of rotatable bonds is 3. The second-order valence-corrected chi connectivity index (χ2v) is 4.54. The van der Waals surface area contributed by atoms with E-state index in [0.717, 1.165) is 31.7 Å². The summed E-state index contributed by atoms with van der Waals surface area (Å²) >= 11 is 0. The third-order valence-electron chi connectivity index (χ3n) is 3.24. The van der Waals surface area contributed by atoms with Crippen molar-refractivity contribution < 1.29 is 9.53 Å². The van der Waals surface area contributed by atoms with Crippen molar-refractivity contribution in [3.8, 4) is 5.75 Å². The molecule has 0 radical (unpaired) electrons. The number of ether oxygens (including phenoxy) is 1. The molecule has 18 heavy (non-hydrogen) atoms. The van der Waals surface area contributed by atoms with Crippen LogP contribution in [0.1, 0.15) is 24.5 Å². The monoisotopic (exact) mass is 248 g/mol. The number of carbonyl (C=O) groups excluding carboxylic acids is 1. The van der Waals surface area contributed by atoms with Crippen molar-refractivity contribution in [1.82, 2.24) is 10.2 Å². The Hall–Kier alpha value is -1.71. The molecular formula is C14H20N2O2. The lowest BCUT2D eigenvalue weighted by Gasteiger charge is -2.29. The summed E-state index contributed by atoms with van der Waals surface area (Å²) in [5.41, 5.74) is 2.50. The predicted octanol–water partition coefficient (Wildman–Crippen LogP) is 2.17. The van der Waals surface area contributed by atoms with Crippen molar-refractivity contribution in [1.29, 1.82) is 0 Å². The van der Waals surface area contributed by atoms with Gasteiger partial charge in [-0.05, 0) is 36.1 Å². The highest BCUT2D eigenvalue weighted by atomic mass is 16.5. The van der Waals surface area contributed by atoms with Gasteiger partial charge in [0.05, 0.1) is 7.11 Å². The van der Waals surface area contributed by atoms with Gasteiger partial charge in [0.25, 0.3) is 0 Å². The van der Waals surface area contributed by atoms with E-state index >= 15 is 0 Å². The maximum absolute atomic E-state index is 11.9. The number of hydrogen-bond acceptors (Lipinski definition) is 2. The van der Waals surface area contributed by atoms with E-state index in [1.165, 1.54) is 11.1 Å². The van der Waals surface area contributed by atoms with Crippen LogP contribution in [0.2, 0.25) is 0 Å². The molecule has 0 aliphatic carbocycles. The molecule has 0 spiro atoms. The molecule has 1 heterocycles. The minimum Gasteiger partial charge on any atom is -0.497 e. The fraction of sp³-hybridized carbons (Fsp3) is 0.500. The van der Waals surface area contributed by atoms with Crippen molar-refractivity contribution >= 4 is 6.03 Å². The Bertz CT molecular complexity index is 432. The van der Waals surface area contributed by atoms with Crippen LogP contribution in [0, 0.1) is 0 Å². The molecule has 1 aromatic rings. The number of amides is 2. The number of fused-ring (bicyclic) bond motifs is 1. The minimum atomic E-state index is 0.0401. The summed E-state index contributed by atoms with van der Waals surface area (Å²) in [6.07, 6.45) is 1.86. The summed E-state index contributed by atoms with van der Waals surface area (Å²) in [5.74, 6) is 0.887. The van der Waals surface area contributed by atoms with Crippen LogP contribution in [-0.4, -0.2) is 31.1 Å². The molecule has 0 saturated heterocycles. The van der Waals surface area contributed by atoms with Crippen LogP contribution in [0.25, 0.3) is 0 Å². The van der Waals surface area contributed by atoms with Crippen molar-refractivity contribution in [3.05, 3.63) is 29.3 Å². The average Bonchev–Trinajstić information content (AvgIpc) is 2.43. The van der Waals surface area contributed by atoms with Crippen molar-refractivity contribution in [2.75, 3.05) is 20.2 Å². The first-order chi connectivity index (χ1) is 8.74. The molecule has 1 N–H and O–H groups in total. The predicted molar refractivity (Wildman–Crippen MR) is 70.8 cm³/mol. The molecule has 0 bridgehead atoms. The molecule has 0 unspecified atom stereocenters. The molecule has 1 aromatic carbocycles. The van der Waals surface area contributed by atoms with Crippen molar-refractivity contribution in [2.24, 2.45) is 0 Å². The number of nitrogens with one attached hydrogen (secondary N) is 1. The molecule has 1 aliphatic rings. The molecule has 0 aromatic heterocycles. The molecule has 4 nitrogen and oxygen atoms in total. The van der Waals surface area contributed by atoms with Gasteiger partial charge in [0.15, 0.2) is 0 Å². The smallest absolute Gasteiger partial charge is 0.317 e. The van der Waals surface area contributed by atoms with E-state index in [1.54, 1.807) is 7.11 Å². The second kappa shape index (κ2) is 5.76.